The minimum Gasteiger partial charge on any atom is -0.492 e. The molecule has 0 atom stereocenters. The molecule has 176 valence electrons. The summed E-state index contributed by atoms with van der Waals surface area (Å²) in [5.41, 5.74) is 2.54. The minimum absolute atomic E-state index is 0.0505. The average molecular weight is 459 g/mol. The van der Waals surface area contributed by atoms with E-state index in [1.807, 2.05) is 36.4 Å². The molecule has 3 aliphatic rings. The number of hydrogen-bond acceptors (Lipinski definition) is 5. The average Bonchev–Trinajstić information content (AvgIpc) is 3.10. The van der Waals surface area contributed by atoms with Crippen LogP contribution in [-0.2, 0) is 20.4 Å². The van der Waals surface area contributed by atoms with Crippen molar-refractivity contribution in [1.29, 1.82) is 5.26 Å². The summed E-state index contributed by atoms with van der Waals surface area (Å²) >= 11 is 0. The van der Waals surface area contributed by atoms with E-state index >= 15 is 0 Å². The van der Waals surface area contributed by atoms with Crippen LogP contribution < -0.4 is 15.4 Å². The number of carbonyl (C=O) groups excluding carboxylic acids is 2. The molecule has 2 N–H and O–H groups in total. The number of nitrogens with one attached hydrogen (secondary N) is 2. The Bertz CT molecular complexity index is 1140. The Balaban J connectivity index is 1.15. The number of nitrogens with zero attached hydrogens (tertiary/aromatic N) is 2. The van der Waals surface area contributed by atoms with Gasteiger partial charge in [-0.3, -0.25) is 14.5 Å². The second-order valence-electron chi connectivity index (χ2n) is 9.64. The number of hydrogen-bond donors (Lipinski definition) is 2. The van der Waals surface area contributed by atoms with Crippen LogP contribution in [0.2, 0.25) is 0 Å². The Morgan fingerprint density at radius 3 is 2.50 bits per heavy atom. The third-order valence-electron chi connectivity index (χ3n) is 8.01. The van der Waals surface area contributed by atoms with Gasteiger partial charge in [-0.1, -0.05) is 18.6 Å². The summed E-state index contributed by atoms with van der Waals surface area (Å²) in [5.74, 6) is 0.948. The van der Waals surface area contributed by atoms with Crippen molar-refractivity contribution >= 4 is 17.5 Å². The maximum absolute atomic E-state index is 12.8. The molecule has 0 unspecified atom stereocenters. The van der Waals surface area contributed by atoms with Crippen LogP contribution in [0.3, 0.4) is 0 Å². The molecule has 1 spiro atoms. The fourth-order valence-corrected chi connectivity index (χ4v) is 5.72. The number of nitriles is 1. The van der Waals surface area contributed by atoms with Crippen LogP contribution in [0.5, 0.6) is 5.75 Å². The summed E-state index contributed by atoms with van der Waals surface area (Å²) in [5, 5.41) is 15.1. The molecule has 2 aliphatic heterocycles. The quantitative estimate of drug-likeness (QED) is 0.694. The van der Waals surface area contributed by atoms with E-state index in [1.165, 1.54) is 0 Å². The predicted octanol–water partition coefficient (Wildman–Crippen LogP) is 3.09. The first-order valence-electron chi connectivity index (χ1n) is 12.0. The van der Waals surface area contributed by atoms with Crippen molar-refractivity contribution in [2.75, 3.05) is 38.6 Å². The molecule has 2 aromatic carbocycles. The van der Waals surface area contributed by atoms with Crippen LogP contribution in [0.15, 0.2) is 42.5 Å². The lowest BCUT2D eigenvalue weighted by molar-refractivity contribution is -0.129. The normalized spacial score (nSPS) is 20.1. The number of carbonyl (C=O) groups is 2. The first-order valence-corrected chi connectivity index (χ1v) is 12.0. The molecular weight excluding hydrogens is 428 g/mol. The van der Waals surface area contributed by atoms with Crippen LogP contribution >= 0.6 is 0 Å². The van der Waals surface area contributed by atoms with Crippen molar-refractivity contribution in [3.8, 4) is 11.8 Å². The molecule has 2 aromatic rings. The van der Waals surface area contributed by atoms with Gasteiger partial charge in [-0.2, -0.15) is 5.26 Å². The number of rotatable bonds is 6. The van der Waals surface area contributed by atoms with Gasteiger partial charge in [0.05, 0.1) is 22.5 Å². The number of amides is 2. The molecule has 2 fully saturated rings. The largest absolute Gasteiger partial charge is 0.492 e. The number of benzene rings is 2. The van der Waals surface area contributed by atoms with Crippen molar-refractivity contribution in [2.24, 2.45) is 0 Å². The van der Waals surface area contributed by atoms with Crippen molar-refractivity contribution in [3.63, 3.8) is 0 Å². The fraction of sp³-hybridized carbons (Fsp3) is 0.444. The number of anilines is 1. The Labute approximate surface area is 200 Å². The van der Waals surface area contributed by atoms with Crippen molar-refractivity contribution in [2.45, 2.75) is 42.9 Å². The van der Waals surface area contributed by atoms with E-state index in [0.717, 1.165) is 74.3 Å². The van der Waals surface area contributed by atoms with Crippen molar-refractivity contribution in [1.82, 2.24) is 10.2 Å². The lowest BCUT2D eigenvalue weighted by Crippen LogP contribution is -2.48. The van der Waals surface area contributed by atoms with E-state index < -0.39 is 5.41 Å². The van der Waals surface area contributed by atoms with Crippen LogP contribution in [0, 0.1) is 11.3 Å². The second kappa shape index (κ2) is 8.77. The van der Waals surface area contributed by atoms with E-state index in [1.54, 1.807) is 13.1 Å². The number of piperidine rings is 1. The SMILES string of the molecule is CNC(=O)C1(c2ccc(OCCN3CCC4(CC3)C(=O)Nc3ccc(C#N)cc34)cc2)CCC1. The Kier molecular flexibility index (Phi) is 5.78. The summed E-state index contributed by atoms with van der Waals surface area (Å²) in [6.07, 6.45) is 4.33. The van der Waals surface area contributed by atoms with Gasteiger partial charge in [0.1, 0.15) is 12.4 Å². The summed E-state index contributed by atoms with van der Waals surface area (Å²) < 4.78 is 5.98. The Hall–Kier alpha value is -3.37. The molecule has 0 radical (unpaired) electrons. The lowest BCUT2D eigenvalue weighted by Gasteiger charge is -2.40. The zero-order valence-electron chi connectivity index (χ0n) is 19.5. The van der Waals surface area contributed by atoms with E-state index in [9.17, 15) is 14.9 Å². The Morgan fingerprint density at radius 1 is 1.15 bits per heavy atom. The number of ether oxygens (including phenoxy) is 1. The van der Waals surface area contributed by atoms with Gasteiger partial charge in [0.25, 0.3) is 0 Å². The molecular formula is C27H30N4O3. The highest BCUT2D eigenvalue weighted by molar-refractivity contribution is 6.06. The highest BCUT2D eigenvalue weighted by atomic mass is 16.5. The van der Waals surface area contributed by atoms with Gasteiger partial charge >= 0.3 is 0 Å². The molecule has 0 bridgehead atoms. The Morgan fingerprint density at radius 2 is 1.88 bits per heavy atom. The second-order valence-corrected chi connectivity index (χ2v) is 9.64. The zero-order valence-corrected chi connectivity index (χ0v) is 19.5. The molecule has 1 saturated carbocycles. The van der Waals surface area contributed by atoms with E-state index in [0.29, 0.717) is 12.2 Å². The third kappa shape index (κ3) is 3.63. The molecule has 2 amide bonds. The predicted molar refractivity (Wildman–Crippen MR) is 129 cm³/mol. The standard InChI is InChI=1S/C27H30N4O3/c1-29-24(32)26(9-2-10-26)20-4-6-21(7-5-20)34-16-15-31-13-11-27(12-14-31)22-17-19(18-28)3-8-23(22)30-25(27)33/h3-8,17H,2,9-16H2,1H3,(H,29,32)(H,30,33). The van der Waals surface area contributed by atoms with E-state index in [4.69, 9.17) is 4.74 Å². The third-order valence-corrected chi connectivity index (χ3v) is 8.01. The van der Waals surface area contributed by atoms with Gasteiger partial charge in [-0.05, 0) is 80.2 Å². The lowest BCUT2D eigenvalue weighted by atomic mass is 9.64. The van der Waals surface area contributed by atoms with Crippen LogP contribution in [0.1, 0.15) is 48.8 Å². The van der Waals surface area contributed by atoms with Crippen LogP contribution in [0.25, 0.3) is 0 Å². The van der Waals surface area contributed by atoms with Crippen molar-refractivity contribution in [3.05, 3.63) is 59.2 Å². The summed E-state index contributed by atoms with van der Waals surface area (Å²) in [6, 6.07) is 15.6. The van der Waals surface area contributed by atoms with Gasteiger partial charge in [0.15, 0.2) is 0 Å². The fourth-order valence-electron chi connectivity index (χ4n) is 5.72. The topological polar surface area (TPSA) is 94.5 Å². The summed E-state index contributed by atoms with van der Waals surface area (Å²) in [7, 11) is 1.70. The highest BCUT2D eigenvalue weighted by Gasteiger charge is 2.48. The first kappa shape index (κ1) is 22.4. The molecule has 7 nitrogen and oxygen atoms in total. The summed E-state index contributed by atoms with van der Waals surface area (Å²) in [4.78, 5) is 27.5. The smallest absolute Gasteiger partial charge is 0.235 e. The van der Waals surface area contributed by atoms with E-state index in [-0.39, 0.29) is 17.2 Å². The highest BCUT2D eigenvalue weighted by Crippen LogP contribution is 2.46. The van der Waals surface area contributed by atoms with Gasteiger partial charge in [0.2, 0.25) is 11.8 Å². The monoisotopic (exact) mass is 458 g/mol. The van der Waals surface area contributed by atoms with Crippen molar-refractivity contribution < 1.29 is 14.3 Å². The number of likely N-dealkylation sites (N-methyl/N-ethyl adjacent to an activating group) is 1. The number of likely N-dealkylation sites (tertiary alicyclic amines) is 1. The number of fused-ring (bicyclic) bond motifs is 2. The maximum atomic E-state index is 12.8. The van der Waals surface area contributed by atoms with Gasteiger partial charge in [-0.15, -0.1) is 0 Å². The molecule has 1 aliphatic carbocycles. The van der Waals surface area contributed by atoms with E-state index in [2.05, 4.69) is 21.6 Å². The molecule has 5 rings (SSSR count). The maximum Gasteiger partial charge on any atom is 0.235 e. The molecule has 7 heteroatoms. The molecule has 1 saturated heterocycles. The van der Waals surface area contributed by atoms with Gasteiger partial charge < -0.3 is 15.4 Å². The first-order chi connectivity index (χ1) is 16.5. The molecule has 0 aromatic heterocycles. The zero-order chi connectivity index (χ0) is 23.8. The minimum atomic E-state index is -0.530. The van der Waals surface area contributed by atoms with Crippen LogP contribution in [-0.4, -0.2) is 50.0 Å². The summed E-state index contributed by atoms with van der Waals surface area (Å²) in [6.45, 7) is 2.96. The van der Waals surface area contributed by atoms with Crippen LogP contribution in [0.4, 0.5) is 5.69 Å². The van der Waals surface area contributed by atoms with Gasteiger partial charge in [0, 0.05) is 19.3 Å². The van der Waals surface area contributed by atoms with Gasteiger partial charge in [-0.25, -0.2) is 0 Å². The molecule has 34 heavy (non-hydrogen) atoms. The molecule has 2 heterocycles.